The molecule has 1 saturated carbocycles. The Hall–Kier alpha value is -1.90. The van der Waals surface area contributed by atoms with Crippen molar-refractivity contribution in [1.82, 2.24) is 4.98 Å². The van der Waals surface area contributed by atoms with Crippen LogP contribution in [0, 0.1) is 0 Å². The Morgan fingerprint density at radius 3 is 2.67 bits per heavy atom. The number of hydrogen-bond donors (Lipinski definition) is 0. The van der Waals surface area contributed by atoms with Crippen LogP contribution in [0.15, 0.2) is 41.1 Å². The van der Waals surface area contributed by atoms with E-state index in [-0.39, 0.29) is 5.92 Å². The zero-order valence-corrected chi connectivity index (χ0v) is 10.1. The summed E-state index contributed by atoms with van der Waals surface area (Å²) >= 11 is 0. The smallest absolute Gasteiger partial charge is 0.225 e. The molecular formula is C15H15NO2. The van der Waals surface area contributed by atoms with Crippen LogP contribution in [0.3, 0.4) is 0 Å². The maximum atomic E-state index is 11.9. The van der Waals surface area contributed by atoms with Gasteiger partial charge in [0.1, 0.15) is 12.0 Å². The van der Waals surface area contributed by atoms with Crippen LogP contribution in [0.2, 0.25) is 0 Å². The fourth-order valence-corrected chi connectivity index (χ4v) is 2.56. The second-order valence-corrected chi connectivity index (χ2v) is 4.72. The molecule has 1 aliphatic rings. The molecule has 1 aliphatic carbocycles. The summed E-state index contributed by atoms with van der Waals surface area (Å²) in [5, 5.41) is 0. The number of benzene rings is 1. The van der Waals surface area contributed by atoms with E-state index in [1.807, 2.05) is 24.3 Å². The quantitative estimate of drug-likeness (QED) is 0.807. The lowest BCUT2D eigenvalue weighted by Crippen LogP contribution is -2.16. The third-order valence-corrected chi connectivity index (χ3v) is 3.55. The molecule has 3 nitrogen and oxygen atoms in total. The fourth-order valence-electron chi connectivity index (χ4n) is 2.56. The number of rotatable bonds is 2. The van der Waals surface area contributed by atoms with Gasteiger partial charge in [0.25, 0.3) is 0 Å². The van der Waals surface area contributed by atoms with Crippen LogP contribution in [0.4, 0.5) is 0 Å². The molecular weight excluding hydrogens is 226 g/mol. The van der Waals surface area contributed by atoms with Crippen LogP contribution in [0.1, 0.15) is 37.2 Å². The Labute approximate surface area is 106 Å². The maximum Gasteiger partial charge on any atom is 0.225 e. The van der Waals surface area contributed by atoms with Crippen molar-refractivity contribution in [2.24, 2.45) is 0 Å². The zero-order chi connectivity index (χ0) is 12.4. The van der Waals surface area contributed by atoms with E-state index >= 15 is 0 Å². The normalized spacial score (nSPS) is 20.0. The number of carbonyl (C=O) groups is 1. The third kappa shape index (κ3) is 2.08. The highest BCUT2D eigenvalue weighted by Crippen LogP contribution is 2.31. The first kappa shape index (κ1) is 11.2. The minimum atomic E-state index is 0.0948. The molecule has 0 amide bonds. The van der Waals surface area contributed by atoms with Crippen molar-refractivity contribution in [3.63, 3.8) is 0 Å². The summed E-state index contributed by atoms with van der Waals surface area (Å²) in [6.45, 7) is 0. The molecule has 1 aromatic carbocycles. The first-order valence-electron chi connectivity index (χ1n) is 6.37. The minimum absolute atomic E-state index is 0.0948. The van der Waals surface area contributed by atoms with E-state index in [2.05, 4.69) is 4.98 Å². The highest BCUT2D eigenvalue weighted by Gasteiger charge is 2.23. The van der Waals surface area contributed by atoms with E-state index in [1.165, 1.54) is 0 Å². The van der Waals surface area contributed by atoms with Gasteiger partial charge >= 0.3 is 0 Å². The highest BCUT2D eigenvalue weighted by atomic mass is 16.3. The fraction of sp³-hybridized carbons (Fsp3) is 0.333. The van der Waals surface area contributed by atoms with Gasteiger partial charge in [-0.25, -0.2) is 4.98 Å². The number of hydrogen-bond acceptors (Lipinski definition) is 3. The Morgan fingerprint density at radius 1 is 1.17 bits per heavy atom. The van der Waals surface area contributed by atoms with E-state index in [0.29, 0.717) is 11.7 Å². The molecule has 0 radical (unpaired) electrons. The van der Waals surface area contributed by atoms with Crippen molar-refractivity contribution >= 4 is 5.78 Å². The molecule has 0 bridgehead atoms. The summed E-state index contributed by atoms with van der Waals surface area (Å²) in [4.78, 5) is 16.0. The van der Waals surface area contributed by atoms with Crippen LogP contribution >= 0.6 is 0 Å². The molecule has 0 aliphatic heterocycles. The number of carbonyl (C=O) groups excluding carboxylic acids is 1. The highest BCUT2D eigenvalue weighted by molar-refractivity contribution is 5.86. The second-order valence-electron chi connectivity index (χ2n) is 4.72. The molecule has 1 unspecified atom stereocenters. The van der Waals surface area contributed by atoms with Crippen molar-refractivity contribution < 1.29 is 9.21 Å². The van der Waals surface area contributed by atoms with Gasteiger partial charge in [-0.15, -0.1) is 0 Å². The molecule has 3 rings (SSSR count). The van der Waals surface area contributed by atoms with E-state index in [0.717, 1.165) is 36.8 Å². The predicted octanol–water partition coefficient (Wildman–Crippen LogP) is 3.57. The molecule has 0 N–H and O–H groups in total. The van der Waals surface area contributed by atoms with Gasteiger partial charge in [-0.1, -0.05) is 18.6 Å². The van der Waals surface area contributed by atoms with E-state index < -0.39 is 0 Å². The van der Waals surface area contributed by atoms with Gasteiger partial charge in [0.05, 0.1) is 6.20 Å². The van der Waals surface area contributed by atoms with Crippen molar-refractivity contribution in [2.75, 3.05) is 0 Å². The van der Waals surface area contributed by atoms with Crippen molar-refractivity contribution in [3.05, 3.63) is 42.3 Å². The van der Waals surface area contributed by atoms with Crippen LogP contribution in [0.5, 0.6) is 0 Å². The summed E-state index contributed by atoms with van der Waals surface area (Å²) < 4.78 is 5.25. The first-order valence-corrected chi connectivity index (χ1v) is 6.37. The standard InChI is InChI=1S/C15H15NO2/c17-14-4-2-1-3-13(14)11-5-7-12(8-6-11)15-16-9-10-18-15/h5-10,13H,1-4H2. The number of nitrogens with zero attached hydrogens (tertiary/aromatic N) is 1. The summed E-state index contributed by atoms with van der Waals surface area (Å²) in [5.41, 5.74) is 2.07. The Balaban J connectivity index is 1.84. The number of oxazole rings is 1. The third-order valence-electron chi connectivity index (χ3n) is 3.55. The first-order chi connectivity index (χ1) is 8.84. The lowest BCUT2D eigenvalue weighted by atomic mass is 9.83. The van der Waals surface area contributed by atoms with E-state index in [1.54, 1.807) is 12.5 Å². The Morgan fingerprint density at radius 2 is 2.00 bits per heavy atom. The summed E-state index contributed by atoms with van der Waals surface area (Å²) in [7, 11) is 0. The summed E-state index contributed by atoms with van der Waals surface area (Å²) in [5.74, 6) is 1.10. The monoisotopic (exact) mass is 241 g/mol. The molecule has 0 saturated heterocycles. The molecule has 2 aromatic rings. The number of aromatic nitrogens is 1. The van der Waals surface area contributed by atoms with Gasteiger partial charge in [0.15, 0.2) is 0 Å². The molecule has 18 heavy (non-hydrogen) atoms. The van der Waals surface area contributed by atoms with Gasteiger partial charge in [-0.3, -0.25) is 4.79 Å². The lowest BCUT2D eigenvalue weighted by Gasteiger charge is -2.20. The SMILES string of the molecule is O=C1CCCCC1c1ccc(-c2ncco2)cc1. The van der Waals surface area contributed by atoms with Crippen molar-refractivity contribution in [1.29, 1.82) is 0 Å². The topological polar surface area (TPSA) is 43.1 Å². The molecule has 3 heteroatoms. The van der Waals surface area contributed by atoms with Crippen LogP contribution in [0.25, 0.3) is 11.5 Å². The van der Waals surface area contributed by atoms with Crippen LogP contribution in [-0.4, -0.2) is 10.8 Å². The van der Waals surface area contributed by atoms with Crippen LogP contribution < -0.4 is 0 Å². The van der Waals surface area contributed by atoms with Crippen molar-refractivity contribution in [2.45, 2.75) is 31.6 Å². The Bertz CT molecular complexity index is 528. The molecule has 0 spiro atoms. The molecule has 1 aromatic heterocycles. The lowest BCUT2D eigenvalue weighted by molar-refractivity contribution is -0.121. The summed E-state index contributed by atoms with van der Waals surface area (Å²) in [6, 6.07) is 7.99. The Kier molecular flexibility index (Phi) is 2.97. The molecule has 92 valence electrons. The maximum absolute atomic E-state index is 11.9. The number of ketones is 1. The molecule has 1 atom stereocenters. The van der Waals surface area contributed by atoms with Crippen LogP contribution in [-0.2, 0) is 4.79 Å². The average Bonchev–Trinajstić information content (AvgIpc) is 2.94. The zero-order valence-electron chi connectivity index (χ0n) is 10.1. The average molecular weight is 241 g/mol. The molecule has 1 fully saturated rings. The van der Waals surface area contributed by atoms with Gasteiger partial charge in [0.2, 0.25) is 5.89 Å². The van der Waals surface area contributed by atoms with Crippen molar-refractivity contribution in [3.8, 4) is 11.5 Å². The minimum Gasteiger partial charge on any atom is -0.445 e. The summed E-state index contributed by atoms with van der Waals surface area (Å²) in [6.07, 6.45) is 7.10. The van der Waals surface area contributed by atoms with Gasteiger partial charge in [0, 0.05) is 17.9 Å². The van der Waals surface area contributed by atoms with E-state index in [9.17, 15) is 4.79 Å². The van der Waals surface area contributed by atoms with Gasteiger partial charge in [-0.05, 0) is 30.5 Å². The second kappa shape index (κ2) is 4.77. The predicted molar refractivity (Wildman–Crippen MR) is 68.2 cm³/mol. The van der Waals surface area contributed by atoms with E-state index in [4.69, 9.17) is 4.42 Å². The number of Topliss-reactive ketones (excluding diaryl/α,β-unsaturated/α-hetero) is 1. The van der Waals surface area contributed by atoms with Gasteiger partial charge in [-0.2, -0.15) is 0 Å². The molecule has 1 heterocycles. The van der Waals surface area contributed by atoms with Gasteiger partial charge < -0.3 is 4.42 Å². The largest absolute Gasteiger partial charge is 0.445 e.